The number of piperazine rings is 1. The first kappa shape index (κ1) is 15.4. The van der Waals surface area contributed by atoms with Crippen LogP contribution in [0.3, 0.4) is 0 Å². The van der Waals surface area contributed by atoms with E-state index in [4.69, 9.17) is 5.73 Å². The van der Waals surface area contributed by atoms with Crippen LogP contribution < -0.4 is 5.73 Å². The summed E-state index contributed by atoms with van der Waals surface area (Å²) in [6.07, 6.45) is 1.16. The van der Waals surface area contributed by atoms with Crippen molar-refractivity contribution >= 4 is 5.91 Å². The predicted octanol–water partition coefficient (Wildman–Crippen LogP) is 1.30. The molecule has 1 amide bonds. The number of hydrogen-bond donors (Lipinski definition) is 1. The van der Waals surface area contributed by atoms with Crippen LogP contribution in [0.25, 0.3) is 0 Å². The highest BCUT2D eigenvalue weighted by atomic mass is 16.2. The van der Waals surface area contributed by atoms with Gasteiger partial charge >= 0.3 is 0 Å². The van der Waals surface area contributed by atoms with Crippen molar-refractivity contribution in [3.05, 3.63) is 0 Å². The fraction of sp³-hybridized carbons (Fsp3) is 0.929. The molecular weight excluding hydrogens is 226 g/mol. The summed E-state index contributed by atoms with van der Waals surface area (Å²) in [5.74, 6) is 0.103. The van der Waals surface area contributed by atoms with Gasteiger partial charge in [-0.1, -0.05) is 27.7 Å². The molecule has 1 saturated heterocycles. The smallest absolute Gasteiger partial charge is 0.240 e. The standard InChI is InChI=1S/C14H29N3O/c1-6-11(2)16-7-9-17(10-8-16)13(18)12(15)14(3,4)5/h11-12H,6-10,15H2,1-5H3. The predicted molar refractivity (Wildman–Crippen MR) is 75.3 cm³/mol. The van der Waals surface area contributed by atoms with Crippen molar-refractivity contribution < 1.29 is 4.79 Å². The Balaban J connectivity index is 2.50. The zero-order chi connectivity index (χ0) is 13.9. The van der Waals surface area contributed by atoms with Crippen molar-refractivity contribution in [2.45, 2.75) is 53.1 Å². The fourth-order valence-electron chi connectivity index (χ4n) is 2.21. The summed E-state index contributed by atoms with van der Waals surface area (Å²) < 4.78 is 0. The Labute approximate surface area is 111 Å². The third-order valence-electron chi connectivity index (χ3n) is 4.04. The Kier molecular flexibility index (Phi) is 5.17. The highest BCUT2D eigenvalue weighted by Gasteiger charge is 2.32. The number of nitrogens with zero attached hydrogens (tertiary/aromatic N) is 2. The lowest BCUT2D eigenvalue weighted by molar-refractivity contribution is -0.137. The third-order valence-corrected chi connectivity index (χ3v) is 4.04. The second-order valence-corrected chi connectivity index (χ2v) is 6.46. The summed E-state index contributed by atoms with van der Waals surface area (Å²) in [6.45, 7) is 14.1. The number of rotatable bonds is 3. The number of carbonyl (C=O) groups is 1. The summed E-state index contributed by atoms with van der Waals surface area (Å²) >= 11 is 0. The lowest BCUT2D eigenvalue weighted by atomic mass is 9.86. The van der Waals surface area contributed by atoms with E-state index < -0.39 is 6.04 Å². The fourth-order valence-corrected chi connectivity index (χ4v) is 2.21. The Bertz CT molecular complexity index is 277. The van der Waals surface area contributed by atoms with Crippen LogP contribution in [0.5, 0.6) is 0 Å². The average Bonchev–Trinajstić information content (AvgIpc) is 2.35. The molecule has 0 radical (unpaired) electrons. The third kappa shape index (κ3) is 3.69. The molecule has 2 unspecified atom stereocenters. The molecule has 4 nitrogen and oxygen atoms in total. The highest BCUT2D eigenvalue weighted by Crippen LogP contribution is 2.20. The van der Waals surface area contributed by atoms with Gasteiger partial charge in [-0.2, -0.15) is 0 Å². The minimum Gasteiger partial charge on any atom is -0.339 e. The highest BCUT2D eigenvalue weighted by molar-refractivity contribution is 5.82. The molecule has 2 atom stereocenters. The van der Waals surface area contributed by atoms with Crippen LogP contribution in [0.4, 0.5) is 0 Å². The lowest BCUT2D eigenvalue weighted by Crippen LogP contribution is -2.57. The largest absolute Gasteiger partial charge is 0.339 e. The topological polar surface area (TPSA) is 49.6 Å². The SMILES string of the molecule is CCC(C)N1CCN(C(=O)C(N)C(C)(C)C)CC1. The molecule has 1 aliphatic rings. The van der Waals surface area contributed by atoms with Gasteiger partial charge in [-0.05, 0) is 18.8 Å². The Morgan fingerprint density at radius 1 is 1.22 bits per heavy atom. The summed E-state index contributed by atoms with van der Waals surface area (Å²) in [7, 11) is 0. The molecule has 2 N–H and O–H groups in total. The molecule has 0 aromatic heterocycles. The van der Waals surface area contributed by atoms with Gasteiger partial charge in [-0.3, -0.25) is 9.69 Å². The van der Waals surface area contributed by atoms with Gasteiger partial charge in [0.25, 0.3) is 0 Å². The van der Waals surface area contributed by atoms with Gasteiger partial charge in [0.05, 0.1) is 6.04 Å². The van der Waals surface area contributed by atoms with Crippen molar-refractivity contribution in [3.63, 3.8) is 0 Å². The lowest BCUT2D eigenvalue weighted by Gasteiger charge is -2.40. The molecule has 1 heterocycles. The number of nitrogens with two attached hydrogens (primary N) is 1. The zero-order valence-electron chi connectivity index (χ0n) is 12.6. The Morgan fingerprint density at radius 3 is 2.11 bits per heavy atom. The second kappa shape index (κ2) is 6.02. The minimum atomic E-state index is -0.396. The molecule has 0 aliphatic carbocycles. The first-order chi connectivity index (χ1) is 8.27. The molecule has 0 saturated carbocycles. The van der Waals surface area contributed by atoms with Crippen LogP contribution >= 0.6 is 0 Å². The van der Waals surface area contributed by atoms with Crippen LogP contribution in [-0.4, -0.2) is 54.0 Å². The van der Waals surface area contributed by atoms with E-state index in [0.29, 0.717) is 6.04 Å². The van der Waals surface area contributed by atoms with Crippen molar-refractivity contribution in [1.29, 1.82) is 0 Å². The quantitative estimate of drug-likeness (QED) is 0.827. The first-order valence-corrected chi connectivity index (χ1v) is 7.05. The van der Waals surface area contributed by atoms with Crippen LogP contribution in [0, 0.1) is 5.41 Å². The van der Waals surface area contributed by atoms with Crippen molar-refractivity contribution in [3.8, 4) is 0 Å². The number of hydrogen-bond acceptors (Lipinski definition) is 3. The van der Waals surface area contributed by atoms with Gasteiger partial charge in [0.2, 0.25) is 5.91 Å². The molecule has 106 valence electrons. The van der Waals surface area contributed by atoms with E-state index in [1.165, 1.54) is 0 Å². The molecule has 1 aliphatic heterocycles. The van der Waals surface area contributed by atoms with Gasteiger partial charge in [0.1, 0.15) is 0 Å². The summed E-state index contributed by atoms with van der Waals surface area (Å²) in [4.78, 5) is 16.6. The van der Waals surface area contributed by atoms with E-state index in [9.17, 15) is 4.79 Å². The Hall–Kier alpha value is -0.610. The van der Waals surface area contributed by atoms with Gasteiger partial charge in [0.15, 0.2) is 0 Å². The maximum atomic E-state index is 12.3. The molecule has 0 spiro atoms. The van der Waals surface area contributed by atoms with Crippen LogP contribution in [0.2, 0.25) is 0 Å². The van der Waals surface area contributed by atoms with E-state index in [0.717, 1.165) is 32.6 Å². The van der Waals surface area contributed by atoms with Crippen LogP contribution in [0.15, 0.2) is 0 Å². The maximum absolute atomic E-state index is 12.3. The second-order valence-electron chi connectivity index (χ2n) is 6.46. The summed E-state index contributed by atoms with van der Waals surface area (Å²) in [6, 6.07) is 0.214. The maximum Gasteiger partial charge on any atom is 0.240 e. The van der Waals surface area contributed by atoms with Gasteiger partial charge in [0, 0.05) is 32.2 Å². The normalized spacial score (nSPS) is 21.8. The van der Waals surface area contributed by atoms with E-state index in [1.807, 2.05) is 25.7 Å². The van der Waals surface area contributed by atoms with Crippen LogP contribution in [-0.2, 0) is 4.79 Å². The van der Waals surface area contributed by atoms with E-state index in [2.05, 4.69) is 18.7 Å². The van der Waals surface area contributed by atoms with E-state index in [1.54, 1.807) is 0 Å². The number of amides is 1. The zero-order valence-corrected chi connectivity index (χ0v) is 12.6. The molecule has 1 rings (SSSR count). The van der Waals surface area contributed by atoms with Crippen LogP contribution in [0.1, 0.15) is 41.0 Å². The van der Waals surface area contributed by atoms with Crippen molar-refractivity contribution in [1.82, 2.24) is 9.80 Å². The molecular formula is C14H29N3O. The molecule has 0 aromatic rings. The first-order valence-electron chi connectivity index (χ1n) is 7.05. The van der Waals surface area contributed by atoms with E-state index >= 15 is 0 Å². The van der Waals surface area contributed by atoms with Crippen molar-refractivity contribution in [2.75, 3.05) is 26.2 Å². The average molecular weight is 255 g/mol. The van der Waals surface area contributed by atoms with Crippen molar-refractivity contribution in [2.24, 2.45) is 11.1 Å². The van der Waals surface area contributed by atoms with E-state index in [-0.39, 0.29) is 11.3 Å². The summed E-state index contributed by atoms with van der Waals surface area (Å²) in [5, 5.41) is 0. The number of carbonyl (C=O) groups excluding carboxylic acids is 1. The van der Waals surface area contributed by atoms with Gasteiger partial charge in [-0.25, -0.2) is 0 Å². The van der Waals surface area contributed by atoms with Gasteiger partial charge in [-0.15, -0.1) is 0 Å². The molecule has 0 aromatic carbocycles. The molecule has 4 heteroatoms. The monoisotopic (exact) mass is 255 g/mol. The molecule has 0 bridgehead atoms. The molecule has 18 heavy (non-hydrogen) atoms. The molecule has 1 fully saturated rings. The minimum absolute atomic E-state index is 0.103. The Morgan fingerprint density at radius 2 is 1.72 bits per heavy atom. The van der Waals surface area contributed by atoms with Gasteiger partial charge < -0.3 is 10.6 Å². The summed E-state index contributed by atoms with van der Waals surface area (Å²) in [5.41, 5.74) is 5.88.